The third-order valence-electron chi connectivity index (χ3n) is 6.42. The van der Waals surface area contributed by atoms with Gasteiger partial charge in [0.05, 0.1) is 24.0 Å². The highest BCUT2D eigenvalue weighted by Crippen LogP contribution is 2.39. The van der Waals surface area contributed by atoms with Gasteiger partial charge < -0.3 is 4.74 Å². The molecule has 2 heterocycles. The fourth-order valence-electron chi connectivity index (χ4n) is 4.21. The number of aromatic nitrogens is 6. The summed E-state index contributed by atoms with van der Waals surface area (Å²) >= 11 is 7.57. The first-order chi connectivity index (χ1) is 18.7. The van der Waals surface area contributed by atoms with E-state index in [4.69, 9.17) is 16.3 Å². The lowest BCUT2D eigenvalue weighted by atomic mass is 9.81. The summed E-state index contributed by atoms with van der Waals surface area (Å²) in [5, 5.41) is 14.2. The summed E-state index contributed by atoms with van der Waals surface area (Å²) in [7, 11) is 1.55. The Morgan fingerprint density at radius 1 is 1.03 bits per heavy atom. The van der Waals surface area contributed by atoms with E-state index in [1.807, 2.05) is 30.5 Å². The number of nitrogens with zero attached hydrogens (tertiary/aromatic N) is 5. The number of rotatable bonds is 8. The number of nitrogens with one attached hydrogen (secondary N) is 1. The molecule has 0 atom stereocenters. The zero-order valence-electron chi connectivity index (χ0n) is 21.0. The predicted octanol–water partition coefficient (Wildman–Crippen LogP) is 6.75. The van der Waals surface area contributed by atoms with E-state index >= 15 is 0 Å². The van der Waals surface area contributed by atoms with Crippen molar-refractivity contribution in [2.75, 3.05) is 7.11 Å². The second kappa shape index (κ2) is 10.7. The molecule has 5 aromatic rings. The van der Waals surface area contributed by atoms with E-state index in [0.29, 0.717) is 21.6 Å². The maximum absolute atomic E-state index is 15.0. The molecular weight excluding hydrogens is 549 g/mol. The molecule has 0 aliphatic carbocycles. The van der Waals surface area contributed by atoms with Crippen molar-refractivity contribution >= 4 is 23.4 Å². The summed E-state index contributed by atoms with van der Waals surface area (Å²) < 4.78 is 50.8. The van der Waals surface area contributed by atoms with Gasteiger partial charge in [0.2, 0.25) is 5.82 Å². The van der Waals surface area contributed by atoms with Gasteiger partial charge in [-0.05, 0) is 59.3 Å². The molecule has 0 spiro atoms. The van der Waals surface area contributed by atoms with Gasteiger partial charge >= 0.3 is 0 Å². The van der Waals surface area contributed by atoms with Crippen LogP contribution < -0.4 is 4.74 Å². The van der Waals surface area contributed by atoms with E-state index in [0.717, 1.165) is 35.2 Å². The van der Waals surface area contributed by atoms with Gasteiger partial charge in [0, 0.05) is 28.0 Å². The number of benzene rings is 3. The summed E-state index contributed by atoms with van der Waals surface area (Å²) in [6, 6.07) is 13.8. The molecule has 0 fully saturated rings. The highest BCUT2D eigenvalue weighted by atomic mass is 35.5. The molecule has 2 aromatic heterocycles. The molecule has 12 heteroatoms. The minimum absolute atomic E-state index is 0.0450. The lowest BCUT2D eigenvalue weighted by Gasteiger charge is -2.28. The van der Waals surface area contributed by atoms with Crippen LogP contribution >= 0.6 is 23.4 Å². The fourth-order valence-corrected chi connectivity index (χ4v) is 5.48. The van der Waals surface area contributed by atoms with Crippen LogP contribution in [0, 0.1) is 17.5 Å². The van der Waals surface area contributed by atoms with Crippen LogP contribution in [-0.4, -0.2) is 37.3 Å². The maximum Gasteiger partial charge on any atom is 0.204 e. The number of hydrogen-bond acceptors (Lipinski definition) is 6. The predicted molar refractivity (Wildman–Crippen MR) is 143 cm³/mol. The number of thioether (sulfide) groups is 1. The van der Waals surface area contributed by atoms with Gasteiger partial charge in [-0.3, -0.25) is 4.57 Å². The second-order valence-corrected chi connectivity index (χ2v) is 10.5. The molecule has 0 bridgehead atoms. The number of H-pyrrole nitrogens is 1. The topological polar surface area (TPSA) is 81.5 Å². The first kappa shape index (κ1) is 26.8. The van der Waals surface area contributed by atoms with Crippen LogP contribution in [0.4, 0.5) is 13.2 Å². The molecule has 5 rings (SSSR count). The molecule has 0 saturated heterocycles. The number of ether oxygens (including phenoxy) is 1. The summed E-state index contributed by atoms with van der Waals surface area (Å²) in [6.07, 6.45) is 1.70. The van der Waals surface area contributed by atoms with E-state index in [1.165, 1.54) is 12.1 Å². The molecule has 39 heavy (non-hydrogen) atoms. The minimum atomic E-state index is -0.740. The Hall–Kier alpha value is -3.83. The molecule has 3 aromatic carbocycles. The number of hydrogen-bond donors (Lipinski definition) is 1. The number of methoxy groups -OCH3 is 1. The third kappa shape index (κ3) is 5.24. The fraction of sp³-hybridized carbons (Fsp3) is 0.185. The summed E-state index contributed by atoms with van der Waals surface area (Å²) in [6.45, 7) is 4.01. The van der Waals surface area contributed by atoms with Crippen LogP contribution in [0.5, 0.6) is 5.75 Å². The van der Waals surface area contributed by atoms with Crippen molar-refractivity contribution in [2.45, 2.75) is 30.2 Å². The molecule has 1 N–H and O–H groups in total. The van der Waals surface area contributed by atoms with Gasteiger partial charge in [0.1, 0.15) is 23.2 Å². The zero-order valence-corrected chi connectivity index (χ0v) is 22.6. The van der Waals surface area contributed by atoms with E-state index < -0.39 is 17.0 Å². The van der Waals surface area contributed by atoms with Crippen LogP contribution in [0.2, 0.25) is 5.02 Å². The summed E-state index contributed by atoms with van der Waals surface area (Å²) in [5.74, 6) is -1.28. The number of imidazole rings is 1. The van der Waals surface area contributed by atoms with Crippen LogP contribution in [0.3, 0.4) is 0 Å². The Labute approximate surface area is 231 Å². The first-order valence-electron chi connectivity index (χ1n) is 11.7. The Morgan fingerprint density at radius 3 is 2.36 bits per heavy atom. The molecule has 0 amide bonds. The minimum Gasteiger partial charge on any atom is -0.495 e. The average molecular weight is 571 g/mol. The molecule has 0 radical (unpaired) electrons. The maximum atomic E-state index is 15.0. The van der Waals surface area contributed by atoms with Crippen LogP contribution in [-0.2, 0) is 11.2 Å². The quantitative estimate of drug-likeness (QED) is 0.208. The molecule has 7 nitrogen and oxygen atoms in total. The second-order valence-electron chi connectivity index (χ2n) is 9.15. The normalized spacial score (nSPS) is 11.7. The van der Waals surface area contributed by atoms with Crippen molar-refractivity contribution in [3.05, 3.63) is 100 Å². The summed E-state index contributed by atoms with van der Waals surface area (Å²) in [5.41, 5.74) is 1.74. The Morgan fingerprint density at radius 2 is 1.74 bits per heavy atom. The van der Waals surface area contributed by atoms with Crippen molar-refractivity contribution in [3.8, 4) is 22.8 Å². The summed E-state index contributed by atoms with van der Waals surface area (Å²) in [4.78, 5) is 4.59. The van der Waals surface area contributed by atoms with E-state index in [-0.39, 0.29) is 28.5 Å². The Bertz CT molecular complexity index is 1600. The van der Waals surface area contributed by atoms with Crippen LogP contribution in [0.25, 0.3) is 17.1 Å². The molecule has 0 aliphatic heterocycles. The Balaban J connectivity index is 1.53. The van der Waals surface area contributed by atoms with Gasteiger partial charge in [-0.2, -0.15) is 5.21 Å². The zero-order chi connectivity index (χ0) is 27.7. The standard InChI is InChI=1S/C27H22ClF3N6OS/c1-27(2,16-4-9-23(38-3)20(28)12-16)24-13-32-26(37(24)18-7-5-17(29)6-8-18)39-14-19-21(30)10-15(11-22(19)31)25-33-35-36-34-25/h4-13H,14H2,1-3H3,(H,33,34,35,36). The van der Waals surface area contributed by atoms with Gasteiger partial charge in [0.15, 0.2) is 5.16 Å². The molecule has 0 saturated carbocycles. The molecule has 0 aliphatic rings. The van der Waals surface area contributed by atoms with Gasteiger partial charge in [-0.1, -0.05) is 43.3 Å². The number of aromatic amines is 1. The van der Waals surface area contributed by atoms with E-state index in [2.05, 4.69) is 25.6 Å². The molecule has 0 unspecified atom stereocenters. The van der Waals surface area contributed by atoms with Gasteiger partial charge in [-0.25, -0.2) is 18.2 Å². The van der Waals surface area contributed by atoms with Crippen molar-refractivity contribution in [1.82, 2.24) is 30.2 Å². The lowest BCUT2D eigenvalue weighted by molar-refractivity contribution is 0.414. The monoisotopic (exact) mass is 570 g/mol. The number of halogens is 4. The molecular formula is C27H22ClF3N6OS. The van der Waals surface area contributed by atoms with Gasteiger partial charge in [-0.15, -0.1) is 10.2 Å². The van der Waals surface area contributed by atoms with E-state index in [9.17, 15) is 13.2 Å². The van der Waals surface area contributed by atoms with Crippen molar-refractivity contribution in [1.29, 1.82) is 0 Å². The SMILES string of the molecule is COc1ccc(C(C)(C)c2cnc(SCc3c(F)cc(-c4nn[nH]n4)cc3F)n2-c2ccc(F)cc2)cc1Cl. The van der Waals surface area contributed by atoms with Crippen molar-refractivity contribution < 1.29 is 17.9 Å². The smallest absolute Gasteiger partial charge is 0.204 e. The van der Waals surface area contributed by atoms with E-state index in [1.54, 1.807) is 31.5 Å². The van der Waals surface area contributed by atoms with Crippen LogP contribution in [0.15, 0.2) is 66.0 Å². The Kier molecular flexibility index (Phi) is 7.37. The molecule has 200 valence electrons. The van der Waals surface area contributed by atoms with Gasteiger partial charge in [0.25, 0.3) is 0 Å². The van der Waals surface area contributed by atoms with Crippen molar-refractivity contribution in [2.24, 2.45) is 0 Å². The highest BCUT2D eigenvalue weighted by Gasteiger charge is 2.30. The average Bonchev–Trinajstić information content (AvgIpc) is 3.60. The first-order valence-corrected chi connectivity index (χ1v) is 13.1. The third-order valence-corrected chi connectivity index (χ3v) is 7.69. The largest absolute Gasteiger partial charge is 0.495 e. The number of tetrazole rings is 1. The van der Waals surface area contributed by atoms with Crippen LogP contribution in [0.1, 0.15) is 30.7 Å². The highest BCUT2D eigenvalue weighted by molar-refractivity contribution is 7.98. The van der Waals surface area contributed by atoms with Crippen molar-refractivity contribution in [3.63, 3.8) is 0 Å². The lowest BCUT2D eigenvalue weighted by Crippen LogP contribution is -2.23.